The van der Waals surface area contributed by atoms with E-state index in [0.717, 1.165) is 12.8 Å². The maximum Gasteiger partial charge on any atom is 0.226 e. The van der Waals surface area contributed by atoms with Crippen molar-refractivity contribution >= 4 is 11.6 Å². The summed E-state index contributed by atoms with van der Waals surface area (Å²) in [6.07, 6.45) is 7.87. The quantitative estimate of drug-likeness (QED) is 0.771. The van der Waals surface area contributed by atoms with Crippen LogP contribution in [0.15, 0.2) is 28.5 Å². The molecule has 1 fully saturated rings. The SMILES string of the molecule is CN(C(=O)CC1CC(C2=CC(F)=C(F)CC2)=NO1)C1CCCCC1. The summed E-state index contributed by atoms with van der Waals surface area (Å²) >= 11 is 0. The Balaban J connectivity index is 1.52. The molecule has 0 aromatic heterocycles. The van der Waals surface area contributed by atoms with Gasteiger partial charge in [0.1, 0.15) is 11.9 Å². The number of oxime groups is 1. The molecule has 0 saturated heterocycles. The zero-order chi connectivity index (χ0) is 17.1. The van der Waals surface area contributed by atoms with Crippen LogP contribution >= 0.6 is 0 Å². The van der Waals surface area contributed by atoms with Gasteiger partial charge in [-0.15, -0.1) is 0 Å². The summed E-state index contributed by atoms with van der Waals surface area (Å²) in [5.74, 6) is -1.47. The molecule has 0 radical (unpaired) electrons. The van der Waals surface area contributed by atoms with Crippen LogP contribution < -0.4 is 0 Å². The molecular weight excluding hydrogens is 314 g/mol. The maximum atomic E-state index is 13.4. The van der Waals surface area contributed by atoms with Gasteiger partial charge in [0.15, 0.2) is 5.83 Å². The molecule has 0 N–H and O–H groups in total. The summed E-state index contributed by atoms with van der Waals surface area (Å²) in [4.78, 5) is 19.6. The molecule has 3 aliphatic rings. The van der Waals surface area contributed by atoms with E-state index in [-0.39, 0.29) is 24.9 Å². The molecule has 0 aromatic rings. The number of allylic oxidation sites excluding steroid dienone is 4. The second-order valence-corrected chi connectivity index (χ2v) is 6.89. The molecule has 4 nitrogen and oxygen atoms in total. The third-order valence-corrected chi connectivity index (χ3v) is 5.20. The topological polar surface area (TPSA) is 41.9 Å². The third kappa shape index (κ3) is 3.84. The van der Waals surface area contributed by atoms with E-state index < -0.39 is 11.7 Å². The number of hydrogen-bond donors (Lipinski definition) is 0. The number of halogens is 2. The molecule has 24 heavy (non-hydrogen) atoms. The highest BCUT2D eigenvalue weighted by Gasteiger charge is 2.30. The van der Waals surface area contributed by atoms with Gasteiger partial charge < -0.3 is 9.74 Å². The lowest BCUT2D eigenvalue weighted by Crippen LogP contribution is -2.39. The van der Waals surface area contributed by atoms with Gasteiger partial charge in [0.2, 0.25) is 5.91 Å². The van der Waals surface area contributed by atoms with E-state index in [1.54, 1.807) is 0 Å². The maximum absolute atomic E-state index is 13.4. The third-order valence-electron chi connectivity index (χ3n) is 5.20. The van der Waals surface area contributed by atoms with Crippen molar-refractivity contribution in [3.63, 3.8) is 0 Å². The van der Waals surface area contributed by atoms with Crippen molar-refractivity contribution in [1.29, 1.82) is 0 Å². The number of nitrogens with zero attached hydrogens (tertiary/aromatic N) is 2. The lowest BCUT2D eigenvalue weighted by molar-refractivity contribution is -0.135. The van der Waals surface area contributed by atoms with Crippen molar-refractivity contribution in [2.75, 3.05) is 7.05 Å². The molecule has 1 atom stereocenters. The van der Waals surface area contributed by atoms with Gasteiger partial charge in [-0.25, -0.2) is 8.78 Å². The zero-order valence-corrected chi connectivity index (χ0v) is 14.1. The number of rotatable bonds is 4. The summed E-state index contributed by atoms with van der Waals surface area (Å²) in [5, 5.41) is 3.99. The van der Waals surface area contributed by atoms with E-state index in [9.17, 15) is 13.6 Å². The first-order valence-corrected chi connectivity index (χ1v) is 8.78. The van der Waals surface area contributed by atoms with Crippen molar-refractivity contribution in [3.05, 3.63) is 23.3 Å². The fourth-order valence-electron chi connectivity index (χ4n) is 3.63. The smallest absolute Gasteiger partial charge is 0.226 e. The van der Waals surface area contributed by atoms with Crippen molar-refractivity contribution in [1.82, 2.24) is 4.90 Å². The van der Waals surface area contributed by atoms with Gasteiger partial charge in [-0.2, -0.15) is 0 Å². The van der Waals surface area contributed by atoms with Crippen LogP contribution in [0.5, 0.6) is 0 Å². The van der Waals surface area contributed by atoms with Crippen LogP contribution in [-0.2, 0) is 9.63 Å². The van der Waals surface area contributed by atoms with Gasteiger partial charge in [0.05, 0.1) is 12.1 Å². The minimum atomic E-state index is -0.824. The predicted molar refractivity (Wildman–Crippen MR) is 87.7 cm³/mol. The highest BCUT2D eigenvalue weighted by atomic mass is 19.2. The fourth-order valence-corrected chi connectivity index (χ4v) is 3.63. The summed E-state index contributed by atoms with van der Waals surface area (Å²) in [5.41, 5.74) is 1.31. The van der Waals surface area contributed by atoms with Gasteiger partial charge in [-0.3, -0.25) is 4.79 Å². The molecule has 1 saturated carbocycles. The van der Waals surface area contributed by atoms with Crippen molar-refractivity contribution in [2.24, 2.45) is 5.16 Å². The van der Waals surface area contributed by atoms with Gasteiger partial charge in [-0.05, 0) is 30.9 Å². The van der Waals surface area contributed by atoms with E-state index >= 15 is 0 Å². The lowest BCUT2D eigenvalue weighted by Gasteiger charge is -2.31. The highest BCUT2D eigenvalue weighted by molar-refractivity contribution is 6.01. The molecule has 1 aliphatic heterocycles. The standard InChI is InChI=1S/C18H24F2N2O2/c1-22(13-5-3-2-4-6-13)18(23)11-14-10-17(21-24-14)12-7-8-15(19)16(20)9-12/h9,13-14H,2-8,10-11H2,1H3. The predicted octanol–water partition coefficient (Wildman–Crippen LogP) is 4.18. The van der Waals surface area contributed by atoms with Gasteiger partial charge in [0, 0.05) is 25.9 Å². The lowest BCUT2D eigenvalue weighted by atomic mass is 9.93. The van der Waals surface area contributed by atoms with Gasteiger partial charge in [0.25, 0.3) is 0 Å². The number of hydrogen-bond acceptors (Lipinski definition) is 3. The Morgan fingerprint density at radius 1 is 1.29 bits per heavy atom. The monoisotopic (exact) mass is 338 g/mol. The molecule has 132 valence electrons. The molecule has 1 amide bonds. The van der Waals surface area contributed by atoms with Gasteiger partial charge in [-0.1, -0.05) is 24.4 Å². The summed E-state index contributed by atoms with van der Waals surface area (Å²) in [7, 11) is 1.86. The summed E-state index contributed by atoms with van der Waals surface area (Å²) < 4.78 is 26.5. The Morgan fingerprint density at radius 2 is 2.04 bits per heavy atom. The van der Waals surface area contributed by atoms with E-state index in [1.807, 2.05) is 11.9 Å². The highest BCUT2D eigenvalue weighted by Crippen LogP contribution is 2.30. The molecule has 2 aliphatic carbocycles. The second-order valence-electron chi connectivity index (χ2n) is 6.89. The molecule has 6 heteroatoms. The largest absolute Gasteiger partial charge is 0.391 e. The Hall–Kier alpha value is -1.72. The van der Waals surface area contributed by atoms with Crippen LogP contribution in [0, 0.1) is 0 Å². The Kier molecular flexibility index (Phi) is 5.31. The van der Waals surface area contributed by atoms with Crippen LogP contribution in [0.3, 0.4) is 0 Å². The molecule has 3 rings (SSSR count). The van der Waals surface area contributed by atoms with E-state index in [0.29, 0.717) is 30.2 Å². The molecule has 0 spiro atoms. The summed E-state index contributed by atoms with van der Waals surface area (Å²) in [6.45, 7) is 0. The first kappa shape index (κ1) is 17.1. The molecular formula is C18H24F2N2O2. The first-order valence-electron chi connectivity index (χ1n) is 8.78. The van der Waals surface area contributed by atoms with Crippen LogP contribution in [-0.4, -0.2) is 35.7 Å². The van der Waals surface area contributed by atoms with E-state index in [4.69, 9.17) is 4.84 Å². The number of amides is 1. The van der Waals surface area contributed by atoms with Crippen molar-refractivity contribution in [2.45, 2.75) is 69.9 Å². The Labute approximate surface area is 141 Å². The van der Waals surface area contributed by atoms with Crippen LogP contribution in [0.2, 0.25) is 0 Å². The molecule has 0 bridgehead atoms. The van der Waals surface area contributed by atoms with Crippen LogP contribution in [0.25, 0.3) is 0 Å². The van der Waals surface area contributed by atoms with Crippen LogP contribution in [0.1, 0.15) is 57.8 Å². The normalized spacial score (nSPS) is 25.2. The molecule has 1 unspecified atom stereocenters. The number of carbonyl (C=O) groups excluding carboxylic acids is 1. The Bertz CT molecular complexity index is 592. The van der Waals surface area contributed by atoms with E-state index in [1.165, 1.54) is 25.3 Å². The van der Waals surface area contributed by atoms with E-state index in [2.05, 4.69) is 5.16 Å². The van der Waals surface area contributed by atoms with Crippen LogP contribution in [0.4, 0.5) is 8.78 Å². The second kappa shape index (κ2) is 7.45. The first-order chi connectivity index (χ1) is 11.5. The molecule has 0 aromatic carbocycles. The summed E-state index contributed by atoms with van der Waals surface area (Å²) in [6, 6.07) is 0.330. The molecule has 1 heterocycles. The number of carbonyl (C=O) groups is 1. The minimum absolute atomic E-state index is 0.0602. The minimum Gasteiger partial charge on any atom is -0.391 e. The zero-order valence-electron chi connectivity index (χ0n) is 14.1. The average molecular weight is 338 g/mol. The van der Waals surface area contributed by atoms with Crippen molar-refractivity contribution in [3.8, 4) is 0 Å². The fraction of sp³-hybridized carbons (Fsp3) is 0.667. The Morgan fingerprint density at radius 3 is 2.75 bits per heavy atom. The van der Waals surface area contributed by atoms with Crippen molar-refractivity contribution < 1.29 is 18.4 Å². The van der Waals surface area contributed by atoms with Gasteiger partial charge >= 0.3 is 0 Å². The average Bonchev–Trinajstić information content (AvgIpc) is 3.06.